The molecule has 1 aliphatic rings. The summed E-state index contributed by atoms with van der Waals surface area (Å²) in [6.07, 6.45) is 3.12. The Morgan fingerprint density at radius 3 is 2.25 bits per heavy atom. The van der Waals surface area contributed by atoms with Crippen molar-refractivity contribution in [3.8, 4) is 0 Å². The summed E-state index contributed by atoms with van der Waals surface area (Å²) in [5, 5.41) is 0. The minimum atomic E-state index is -0.529. The second kappa shape index (κ2) is 5.67. The molecule has 1 aromatic carbocycles. The van der Waals surface area contributed by atoms with Gasteiger partial charge in [-0.3, -0.25) is 4.79 Å². The fourth-order valence-corrected chi connectivity index (χ4v) is 3.30. The van der Waals surface area contributed by atoms with Crippen molar-refractivity contribution >= 4 is 5.78 Å². The van der Waals surface area contributed by atoms with Crippen molar-refractivity contribution in [3.63, 3.8) is 0 Å². The molecule has 0 N–H and O–H groups in total. The Bertz CT molecular complexity index is 475. The van der Waals surface area contributed by atoms with Gasteiger partial charge in [-0.25, -0.2) is 4.39 Å². The fourth-order valence-electron chi connectivity index (χ4n) is 3.30. The normalized spacial score (nSPS) is 27.4. The van der Waals surface area contributed by atoms with Gasteiger partial charge in [-0.2, -0.15) is 0 Å². The first-order chi connectivity index (χ1) is 9.32. The van der Waals surface area contributed by atoms with E-state index in [1.54, 1.807) is 12.1 Å². The number of carbonyl (C=O) groups is 1. The number of carbonyl (C=O) groups excluding carboxylic acids is 1. The summed E-state index contributed by atoms with van der Waals surface area (Å²) in [4.78, 5) is 12.9. The molecule has 1 nitrogen and oxygen atoms in total. The average Bonchev–Trinajstić information content (AvgIpc) is 2.41. The minimum Gasteiger partial charge on any atom is -0.298 e. The maximum Gasteiger partial charge on any atom is 0.145 e. The Labute approximate surface area is 121 Å². The van der Waals surface area contributed by atoms with E-state index >= 15 is 0 Å². The van der Waals surface area contributed by atoms with E-state index in [4.69, 9.17) is 0 Å². The minimum absolute atomic E-state index is 0.154. The van der Waals surface area contributed by atoms with Crippen LogP contribution in [0, 0.1) is 23.6 Å². The molecule has 0 aromatic heterocycles. The molecule has 0 saturated heterocycles. The molecule has 1 aromatic rings. The standard InChI is InChI=1S/C18H25FO/c1-12-5-6-14(11-13(12)2)17(20)18(3,4)15-7-9-16(19)10-8-15/h7-10,12-14H,5-6,11H2,1-4H3. The lowest BCUT2D eigenvalue weighted by Gasteiger charge is -2.35. The van der Waals surface area contributed by atoms with Gasteiger partial charge in [0.25, 0.3) is 0 Å². The molecule has 0 spiro atoms. The predicted molar refractivity (Wildman–Crippen MR) is 80.1 cm³/mol. The zero-order valence-electron chi connectivity index (χ0n) is 12.9. The van der Waals surface area contributed by atoms with Gasteiger partial charge in [0.2, 0.25) is 0 Å². The molecule has 1 aliphatic carbocycles. The van der Waals surface area contributed by atoms with Gasteiger partial charge in [0.15, 0.2) is 0 Å². The molecule has 2 heteroatoms. The van der Waals surface area contributed by atoms with Crippen LogP contribution in [0.5, 0.6) is 0 Å². The molecule has 3 unspecified atom stereocenters. The lowest BCUT2D eigenvalue weighted by molar-refractivity contribution is -0.129. The van der Waals surface area contributed by atoms with Crippen molar-refractivity contribution in [2.45, 2.75) is 52.4 Å². The smallest absolute Gasteiger partial charge is 0.145 e. The van der Waals surface area contributed by atoms with E-state index in [0.29, 0.717) is 17.6 Å². The van der Waals surface area contributed by atoms with Crippen LogP contribution in [0.2, 0.25) is 0 Å². The Kier molecular flexibility index (Phi) is 4.31. The SMILES string of the molecule is CC1CCC(C(=O)C(C)(C)c2ccc(F)cc2)CC1C. The summed E-state index contributed by atoms with van der Waals surface area (Å²) in [5.41, 5.74) is 0.383. The molecular weight excluding hydrogens is 251 g/mol. The molecule has 0 bridgehead atoms. The van der Waals surface area contributed by atoms with Gasteiger partial charge in [0.05, 0.1) is 0 Å². The van der Waals surface area contributed by atoms with Crippen LogP contribution in [0.1, 0.15) is 52.5 Å². The van der Waals surface area contributed by atoms with E-state index in [-0.39, 0.29) is 11.7 Å². The molecule has 3 atom stereocenters. The lowest BCUT2D eigenvalue weighted by Crippen LogP contribution is -2.38. The second-order valence-electron chi connectivity index (χ2n) is 6.96. The van der Waals surface area contributed by atoms with E-state index in [9.17, 15) is 9.18 Å². The Balaban J connectivity index is 2.16. The summed E-state index contributed by atoms with van der Waals surface area (Å²) < 4.78 is 13.0. The number of hydrogen-bond donors (Lipinski definition) is 0. The molecule has 20 heavy (non-hydrogen) atoms. The quantitative estimate of drug-likeness (QED) is 0.779. The van der Waals surface area contributed by atoms with Crippen molar-refractivity contribution < 1.29 is 9.18 Å². The van der Waals surface area contributed by atoms with Crippen LogP contribution in [0.4, 0.5) is 4.39 Å². The van der Waals surface area contributed by atoms with Crippen molar-refractivity contribution in [1.29, 1.82) is 0 Å². The summed E-state index contributed by atoms with van der Waals surface area (Å²) in [7, 11) is 0. The third kappa shape index (κ3) is 2.94. The topological polar surface area (TPSA) is 17.1 Å². The first-order valence-corrected chi connectivity index (χ1v) is 7.62. The van der Waals surface area contributed by atoms with Gasteiger partial charge in [-0.1, -0.05) is 26.0 Å². The van der Waals surface area contributed by atoms with E-state index in [0.717, 1.165) is 24.8 Å². The third-order valence-corrected chi connectivity index (χ3v) is 5.15. The maximum absolute atomic E-state index is 13.0. The van der Waals surface area contributed by atoms with Gasteiger partial charge in [-0.15, -0.1) is 0 Å². The predicted octanol–water partition coefficient (Wildman–Crippen LogP) is 4.74. The van der Waals surface area contributed by atoms with E-state index in [1.807, 2.05) is 13.8 Å². The van der Waals surface area contributed by atoms with Crippen molar-refractivity contribution in [3.05, 3.63) is 35.6 Å². The van der Waals surface area contributed by atoms with Crippen LogP contribution in [0.25, 0.3) is 0 Å². The second-order valence-corrected chi connectivity index (χ2v) is 6.96. The zero-order valence-corrected chi connectivity index (χ0v) is 12.9. The van der Waals surface area contributed by atoms with Crippen LogP contribution < -0.4 is 0 Å². The number of benzene rings is 1. The lowest BCUT2D eigenvalue weighted by atomic mass is 9.67. The zero-order chi connectivity index (χ0) is 14.9. The van der Waals surface area contributed by atoms with E-state index in [1.165, 1.54) is 12.1 Å². The highest BCUT2D eigenvalue weighted by atomic mass is 19.1. The van der Waals surface area contributed by atoms with Crippen LogP contribution in [0.15, 0.2) is 24.3 Å². The molecule has 0 aliphatic heterocycles. The number of halogens is 1. The van der Waals surface area contributed by atoms with E-state index in [2.05, 4.69) is 13.8 Å². The molecule has 1 fully saturated rings. The number of Topliss-reactive ketones (excluding diaryl/α,β-unsaturated/α-hetero) is 1. The Morgan fingerprint density at radius 2 is 1.70 bits per heavy atom. The maximum atomic E-state index is 13.0. The van der Waals surface area contributed by atoms with Crippen LogP contribution >= 0.6 is 0 Å². The highest BCUT2D eigenvalue weighted by Crippen LogP contribution is 2.38. The Morgan fingerprint density at radius 1 is 1.10 bits per heavy atom. The summed E-state index contributed by atoms with van der Waals surface area (Å²) >= 11 is 0. The number of hydrogen-bond acceptors (Lipinski definition) is 1. The van der Waals surface area contributed by atoms with Crippen molar-refractivity contribution in [2.24, 2.45) is 17.8 Å². The molecule has 1 saturated carbocycles. The van der Waals surface area contributed by atoms with Crippen LogP contribution in [0.3, 0.4) is 0 Å². The van der Waals surface area contributed by atoms with Crippen molar-refractivity contribution in [2.75, 3.05) is 0 Å². The number of ketones is 1. The van der Waals surface area contributed by atoms with Gasteiger partial charge in [0.1, 0.15) is 11.6 Å². The van der Waals surface area contributed by atoms with E-state index < -0.39 is 5.41 Å². The summed E-state index contributed by atoms with van der Waals surface area (Å²) in [6, 6.07) is 6.36. The molecule has 0 heterocycles. The third-order valence-electron chi connectivity index (χ3n) is 5.15. The fraction of sp³-hybridized carbons (Fsp3) is 0.611. The highest BCUT2D eigenvalue weighted by Gasteiger charge is 2.38. The molecule has 0 amide bonds. The Hall–Kier alpha value is -1.18. The van der Waals surface area contributed by atoms with Gasteiger partial charge < -0.3 is 0 Å². The first-order valence-electron chi connectivity index (χ1n) is 7.62. The molecule has 0 radical (unpaired) electrons. The first kappa shape index (κ1) is 15.2. The van der Waals surface area contributed by atoms with Crippen molar-refractivity contribution in [1.82, 2.24) is 0 Å². The average molecular weight is 276 g/mol. The van der Waals surface area contributed by atoms with Gasteiger partial charge in [-0.05, 0) is 62.6 Å². The largest absolute Gasteiger partial charge is 0.298 e. The van der Waals surface area contributed by atoms with Crippen LogP contribution in [-0.2, 0) is 10.2 Å². The molecule has 110 valence electrons. The molecule has 2 rings (SSSR count). The molecular formula is C18H25FO. The van der Waals surface area contributed by atoms with Crippen LogP contribution in [-0.4, -0.2) is 5.78 Å². The summed E-state index contributed by atoms with van der Waals surface area (Å²) in [5.74, 6) is 1.54. The van der Waals surface area contributed by atoms with Gasteiger partial charge >= 0.3 is 0 Å². The van der Waals surface area contributed by atoms with Gasteiger partial charge in [0, 0.05) is 11.3 Å². The highest BCUT2D eigenvalue weighted by molar-refractivity contribution is 5.91. The monoisotopic (exact) mass is 276 g/mol. The summed E-state index contributed by atoms with van der Waals surface area (Å²) in [6.45, 7) is 8.45. The number of rotatable bonds is 3.